The summed E-state index contributed by atoms with van der Waals surface area (Å²) in [6, 6.07) is 1.57. The lowest BCUT2D eigenvalue weighted by atomic mass is 9.67. The van der Waals surface area contributed by atoms with Crippen LogP contribution >= 0.6 is 12.4 Å². The zero-order chi connectivity index (χ0) is 15.0. The Morgan fingerprint density at radius 2 is 2.23 bits per heavy atom. The molecule has 6 heteroatoms. The largest absolute Gasteiger partial charge is 0.324 e. The highest BCUT2D eigenvalue weighted by atomic mass is 35.5. The first kappa shape index (κ1) is 17.0. The minimum Gasteiger partial charge on any atom is -0.324 e. The van der Waals surface area contributed by atoms with Crippen molar-refractivity contribution >= 4 is 24.0 Å². The third-order valence-corrected chi connectivity index (χ3v) is 5.17. The summed E-state index contributed by atoms with van der Waals surface area (Å²) in [4.78, 5) is 24.5. The molecule has 1 saturated carbocycles. The number of hydrogen-bond acceptors (Lipinski definition) is 3. The quantitative estimate of drug-likeness (QED) is 0.872. The Labute approximate surface area is 136 Å². The SMILES string of the molecule is Cc1cc(=O)n(C)cc1NC(=O)[C@@]12CCCC[C@H]1CNC2.Cl. The van der Waals surface area contributed by atoms with E-state index in [1.54, 1.807) is 19.3 Å². The monoisotopic (exact) mass is 325 g/mol. The smallest absolute Gasteiger partial charge is 0.250 e. The summed E-state index contributed by atoms with van der Waals surface area (Å²) < 4.78 is 1.51. The number of fused-ring (bicyclic) bond motifs is 1. The molecule has 1 amide bonds. The second-order valence-corrected chi connectivity index (χ2v) is 6.50. The maximum atomic E-state index is 12.9. The molecule has 5 nitrogen and oxygen atoms in total. The topological polar surface area (TPSA) is 63.1 Å². The van der Waals surface area contributed by atoms with Crippen LogP contribution in [0.15, 0.2) is 17.1 Å². The second-order valence-electron chi connectivity index (χ2n) is 6.50. The maximum absolute atomic E-state index is 12.9. The van der Waals surface area contributed by atoms with Gasteiger partial charge in [-0.1, -0.05) is 12.8 Å². The van der Waals surface area contributed by atoms with Crippen molar-refractivity contribution in [2.45, 2.75) is 32.6 Å². The number of halogens is 1. The Balaban J connectivity index is 0.00000176. The van der Waals surface area contributed by atoms with Gasteiger partial charge in [0.15, 0.2) is 0 Å². The predicted molar refractivity (Wildman–Crippen MR) is 89.6 cm³/mol. The summed E-state index contributed by atoms with van der Waals surface area (Å²) >= 11 is 0. The van der Waals surface area contributed by atoms with E-state index in [-0.39, 0.29) is 29.3 Å². The van der Waals surface area contributed by atoms with E-state index in [9.17, 15) is 9.59 Å². The van der Waals surface area contributed by atoms with Crippen molar-refractivity contribution in [3.05, 3.63) is 28.2 Å². The third-order valence-electron chi connectivity index (χ3n) is 5.17. The van der Waals surface area contributed by atoms with Gasteiger partial charge < -0.3 is 15.2 Å². The van der Waals surface area contributed by atoms with Gasteiger partial charge in [0.1, 0.15) is 0 Å². The molecule has 3 rings (SSSR count). The highest BCUT2D eigenvalue weighted by Crippen LogP contribution is 2.44. The molecule has 0 spiro atoms. The van der Waals surface area contributed by atoms with E-state index in [2.05, 4.69) is 10.6 Å². The van der Waals surface area contributed by atoms with Gasteiger partial charge in [0.25, 0.3) is 5.56 Å². The van der Waals surface area contributed by atoms with Crippen molar-refractivity contribution < 1.29 is 4.79 Å². The number of rotatable bonds is 2. The van der Waals surface area contributed by atoms with Crippen LogP contribution in [0.5, 0.6) is 0 Å². The van der Waals surface area contributed by atoms with Crippen LogP contribution in [0.4, 0.5) is 5.69 Å². The highest BCUT2D eigenvalue weighted by molar-refractivity contribution is 5.96. The van der Waals surface area contributed by atoms with E-state index in [4.69, 9.17) is 0 Å². The molecular formula is C16H24ClN3O2. The van der Waals surface area contributed by atoms with Gasteiger partial charge in [0.05, 0.1) is 11.1 Å². The summed E-state index contributed by atoms with van der Waals surface area (Å²) in [5.74, 6) is 0.554. The predicted octanol–water partition coefficient (Wildman–Crippen LogP) is 1.83. The normalized spacial score (nSPS) is 26.9. The maximum Gasteiger partial charge on any atom is 0.250 e. The number of nitrogens with zero attached hydrogens (tertiary/aromatic N) is 1. The molecule has 1 aromatic heterocycles. The third kappa shape index (κ3) is 2.79. The van der Waals surface area contributed by atoms with Crippen molar-refractivity contribution in [2.75, 3.05) is 18.4 Å². The second kappa shape index (κ2) is 6.42. The zero-order valence-corrected chi connectivity index (χ0v) is 14.0. The van der Waals surface area contributed by atoms with E-state index >= 15 is 0 Å². The molecule has 2 N–H and O–H groups in total. The van der Waals surface area contributed by atoms with Crippen LogP contribution in [0, 0.1) is 18.3 Å². The summed E-state index contributed by atoms with van der Waals surface area (Å²) in [5, 5.41) is 6.46. The van der Waals surface area contributed by atoms with Crippen LogP contribution in [0.1, 0.15) is 31.2 Å². The van der Waals surface area contributed by atoms with Crippen LogP contribution in [0.2, 0.25) is 0 Å². The Morgan fingerprint density at radius 1 is 1.45 bits per heavy atom. The fourth-order valence-electron chi connectivity index (χ4n) is 3.79. The number of carbonyl (C=O) groups is 1. The molecule has 0 radical (unpaired) electrons. The number of aryl methyl sites for hydroxylation is 2. The summed E-state index contributed by atoms with van der Waals surface area (Å²) in [6.45, 7) is 3.58. The van der Waals surface area contributed by atoms with E-state index in [1.165, 1.54) is 11.0 Å². The molecular weight excluding hydrogens is 302 g/mol. The average Bonchev–Trinajstić information content (AvgIpc) is 2.89. The Kier molecular flexibility index (Phi) is 4.97. The number of aromatic nitrogens is 1. The molecule has 0 bridgehead atoms. The fourth-order valence-corrected chi connectivity index (χ4v) is 3.79. The lowest BCUT2D eigenvalue weighted by Gasteiger charge is -2.37. The number of nitrogens with one attached hydrogen (secondary N) is 2. The molecule has 1 aliphatic heterocycles. The number of amides is 1. The summed E-state index contributed by atoms with van der Waals surface area (Å²) in [7, 11) is 1.70. The zero-order valence-electron chi connectivity index (χ0n) is 13.1. The van der Waals surface area contributed by atoms with Crippen molar-refractivity contribution in [1.29, 1.82) is 0 Å². The van der Waals surface area contributed by atoms with Crippen LogP contribution in [-0.4, -0.2) is 23.6 Å². The van der Waals surface area contributed by atoms with Crippen LogP contribution in [0.3, 0.4) is 0 Å². The molecule has 0 unspecified atom stereocenters. The highest BCUT2D eigenvalue weighted by Gasteiger charge is 2.49. The molecule has 0 aromatic carbocycles. The van der Waals surface area contributed by atoms with Crippen molar-refractivity contribution in [3.63, 3.8) is 0 Å². The summed E-state index contributed by atoms with van der Waals surface area (Å²) in [5.41, 5.74) is 1.25. The molecule has 1 saturated heterocycles. The van der Waals surface area contributed by atoms with E-state index in [0.29, 0.717) is 5.92 Å². The first-order valence-corrected chi connectivity index (χ1v) is 7.72. The minimum atomic E-state index is -0.264. The molecule has 122 valence electrons. The first-order valence-electron chi connectivity index (χ1n) is 7.72. The average molecular weight is 326 g/mol. The Bertz CT molecular complexity index is 628. The molecule has 22 heavy (non-hydrogen) atoms. The number of hydrogen-bond donors (Lipinski definition) is 2. The van der Waals surface area contributed by atoms with E-state index < -0.39 is 0 Å². The molecule has 1 aromatic rings. The van der Waals surface area contributed by atoms with Gasteiger partial charge in [-0.05, 0) is 37.8 Å². The van der Waals surface area contributed by atoms with E-state index in [1.807, 2.05) is 6.92 Å². The standard InChI is InChI=1S/C16H23N3O2.ClH/c1-11-7-14(20)19(2)9-13(11)18-15(21)16-6-4-3-5-12(16)8-17-10-16;/h7,9,12,17H,3-6,8,10H2,1-2H3,(H,18,21);1H/t12-,16+;/m0./s1. The Morgan fingerprint density at radius 3 is 3.00 bits per heavy atom. The van der Waals surface area contributed by atoms with Gasteiger partial charge in [0, 0.05) is 25.9 Å². The molecule has 2 aliphatic rings. The Hall–Kier alpha value is -1.33. The first-order chi connectivity index (χ1) is 10.0. The van der Waals surface area contributed by atoms with Crippen molar-refractivity contribution in [1.82, 2.24) is 9.88 Å². The van der Waals surface area contributed by atoms with Crippen LogP contribution in [-0.2, 0) is 11.8 Å². The number of pyridine rings is 1. The van der Waals surface area contributed by atoms with Gasteiger partial charge in [-0.3, -0.25) is 9.59 Å². The van der Waals surface area contributed by atoms with Crippen LogP contribution < -0.4 is 16.2 Å². The molecule has 2 fully saturated rings. The number of carbonyl (C=O) groups excluding carboxylic acids is 1. The van der Waals surface area contributed by atoms with Gasteiger partial charge in [-0.25, -0.2) is 0 Å². The summed E-state index contributed by atoms with van der Waals surface area (Å²) in [6.07, 6.45) is 6.15. The minimum absolute atomic E-state index is 0. The van der Waals surface area contributed by atoms with Gasteiger partial charge in [-0.15, -0.1) is 12.4 Å². The molecule has 2 heterocycles. The van der Waals surface area contributed by atoms with Crippen molar-refractivity contribution in [3.8, 4) is 0 Å². The fraction of sp³-hybridized carbons (Fsp3) is 0.625. The van der Waals surface area contributed by atoms with Gasteiger partial charge in [0.2, 0.25) is 5.91 Å². The molecule has 2 atom stereocenters. The van der Waals surface area contributed by atoms with Crippen LogP contribution in [0.25, 0.3) is 0 Å². The van der Waals surface area contributed by atoms with Gasteiger partial charge in [-0.2, -0.15) is 0 Å². The van der Waals surface area contributed by atoms with Crippen molar-refractivity contribution in [2.24, 2.45) is 18.4 Å². The molecule has 1 aliphatic carbocycles. The van der Waals surface area contributed by atoms with E-state index in [0.717, 1.165) is 43.6 Å². The lowest BCUT2D eigenvalue weighted by molar-refractivity contribution is -0.128. The number of anilines is 1. The van der Waals surface area contributed by atoms with Gasteiger partial charge >= 0.3 is 0 Å². The lowest BCUT2D eigenvalue weighted by Crippen LogP contribution is -2.44.